The summed E-state index contributed by atoms with van der Waals surface area (Å²) in [7, 11) is 0. The van der Waals surface area contributed by atoms with Crippen molar-refractivity contribution in [1.82, 2.24) is 5.32 Å². The lowest BCUT2D eigenvalue weighted by molar-refractivity contribution is -0.118. The van der Waals surface area contributed by atoms with Crippen LogP contribution in [0.1, 0.15) is 29.6 Å². The van der Waals surface area contributed by atoms with Gasteiger partial charge in [0.05, 0.1) is 5.60 Å². The van der Waals surface area contributed by atoms with Crippen LogP contribution in [0.25, 0.3) is 10.8 Å². The number of fused-ring (bicyclic) bond motifs is 1. The van der Waals surface area contributed by atoms with Crippen LogP contribution in [0.4, 0.5) is 0 Å². The number of nitrogens with one attached hydrogen (secondary N) is 1. The Morgan fingerprint density at radius 2 is 1.95 bits per heavy atom. The number of hydrogen-bond donors (Lipinski definition) is 2. The van der Waals surface area contributed by atoms with Crippen molar-refractivity contribution < 1.29 is 14.7 Å². The van der Waals surface area contributed by atoms with Gasteiger partial charge in [-0.15, -0.1) is 0 Å². The Kier molecular flexibility index (Phi) is 3.47. The molecule has 0 aliphatic heterocycles. The first kappa shape index (κ1) is 13.8. The van der Waals surface area contributed by atoms with E-state index in [1.807, 2.05) is 36.4 Å². The first-order valence-electron chi connectivity index (χ1n) is 7.05. The van der Waals surface area contributed by atoms with E-state index in [0.717, 1.165) is 17.1 Å². The molecule has 4 nitrogen and oxygen atoms in total. The van der Waals surface area contributed by atoms with Crippen molar-refractivity contribution in [3.8, 4) is 0 Å². The van der Waals surface area contributed by atoms with Gasteiger partial charge in [-0.25, -0.2) is 0 Å². The zero-order chi connectivity index (χ0) is 14.9. The second-order valence-corrected chi connectivity index (χ2v) is 5.74. The molecule has 1 aliphatic carbocycles. The number of hydrogen-bond acceptors (Lipinski definition) is 3. The van der Waals surface area contributed by atoms with Crippen molar-refractivity contribution in [2.45, 2.75) is 30.9 Å². The van der Waals surface area contributed by atoms with Crippen LogP contribution in [-0.4, -0.2) is 28.9 Å². The highest BCUT2D eigenvalue weighted by molar-refractivity contribution is 5.98. The first-order valence-corrected chi connectivity index (χ1v) is 7.05. The molecule has 0 spiro atoms. The van der Waals surface area contributed by atoms with E-state index in [0.29, 0.717) is 18.4 Å². The highest BCUT2D eigenvalue weighted by Gasteiger charge is 2.42. The Hall–Kier alpha value is -2.20. The largest absolute Gasteiger partial charge is 0.389 e. The van der Waals surface area contributed by atoms with E-state index in [1.165, 1.54) is 0 Å². The van der Waals surface area contributed by atoms with E-state index >= 15 is 0 Å². The molecular weight excluding hydrogens is 266 g/mol. The van der Waals surface area contributed by atoms with Gasteiger partial charge >= 0.3 is 0 Å². The summed E-state index contributed by atoms with van der Waals surface area (Å²) in [5, 5.41) is 14.9. The molecule has 2 aromatic rings. The van der Waals surface area contributed by atoms with Crippen molar-refractivity contribution in [2.24, 2.45) is 0 Å². The number of benzene rings is 2. The normalized spacial score (nSPS) is 24.3. The van der Waals surface area contributed by atoms with Crippen LogP contribution in [0.3, 0.4) is 0 Å². The van der Waals surface area contributed by atoms with Crippen LogP contribution in [0.2, 0.25) is 0 Å². The van der Waals surface area contributed by atoms with Gasteiger partial charge in [0, 0.05) is 18.0 Å². The van der Waals surface area contributed by atoms with E-state index in [2.05, 4.69) is 5.32 Å². The van der Waals surface area contributed by atoms with Gasteiger partial charge < -0.3 is 15.2 Å². The summed E-state index contributed by atoms with van der Waals surface area (Å²) >= 11 is 0. The summed E-state index contributed by atoms with van der Waals surface area (Å²) in [5.41, 5.74) is -0.317. The van der Waals surface area contributed by atoms with Gasteiger partial charge in [0.1, 0.15) is 6.29 Å². The fourth-order valence-corrected chi connectivity index (χ4v) is 2.88. The maximum absolute atomic E-state index is 12.2. The predicted octanol–water partition coefficient (Wildman–Crippen LogP) is 2.05. The van der Waals surface area contributed by atoms with E-state index < -0.39 is 5.60 Å². The summed E-state index contributed by atoms with van der Waals surface area (Å²) in [5.74, 6) is -0.140. The highest BCUT2D eigenvalue weighted by Crippen LogP contribution is 2.34. The van der Waals surface area contributed by atoms with Gasteiger partial charge in [0.15, 0.2) is 0 Å². The quantitative estimate of drug-likeness (QED) is 0.844. The molecule has 108 valence electrons. The zero-order valence-electron chi connectivity index (χ0n) is 11.6. The average Bonchev–Trinajstić information content (AvgIpc) is 2.45. The van der Waals surface area contributed by atoms with Gasteiger partial charge in [-0.1, -0.05) is 30.3 Å². The Balaban J connectivity index is 1.66. The topological polar surface area (TPSA) is 66.4 Å². The number of carbonyl (C=O) groups excluding carboxylic acids is 2. The minimum Gasteiger partial charge on any atom is -0.389 e. The fourth-order valence-electron chi connectivity index (χ4n) is 2.88. The molecule has 0 bridgehead atoms. The summed E-state index contributed by atoms with van der Waals surface area (Å²) in [4.78, 5) is 22.6. The lowest BCUT2D eigenvalue weighted by atomic mass is 9.74. The van der Waals surface area contributed by atoms with Crippen LogP contribution >= 0.6 is 0 Å². The molecular formula is C17H17NO3. The fraction of sp³-hybridized carbons (Fsp3) is 0.294. The zero-order valence-corrected chi connectivity index (χ0v) is 11.6. The molecule has 0 aromatic heterocycles. The molecule has 2 aromatic carbocycles. The molecule has 21 heavy (non-hydrogen) atoms. The van der Waals surface area contributed by atoms with Crippen molar-refractivity contribution in [1.29, 1.82) is 0 Å². The number of amides is 1. The van der Waals surface area contributed by atoms with Crippen LogP contribution in [-0.2, 0) is 4.79 Å². The van der Waals surface area contributed by atoms with Gasteiger partial charge in [-0.05, 0) is 35.7 Å². The molecule has 0 saturated heterocycles. The first-order chi connectivity index (χ1) is 10.1. The number of carbonyl (C=O) groups is 2. The predicted molar refractivity (Wildman–Crippen MR) is 80.1 cm³/mol. The lowest BCUT2D eigenvalue weighted by Gasteiger charge is -2.42. The second-order valence-electron chi connectivity index (χ2n) is 5.74. The van der Waals surface area contributed by atoms with Crippen LogP contribution in [0.5, 0.6) is 0 Å². The highest BCUT2D eigenvalue weighted by atomic mass is 16.3. The van der Waals surface area contributed by atoms with Crippen molar-refractivity contribution >= 4 is 23.0 Å². The van der Waals surface area contributed by atoms with E-state index in [-0.39, 0.29) is 18.4 Å². The Bertz CT molecular complexity index is 689. The van der Waals surface area contributed by atoms with Gasteiger partial charge in [0.25, 0.3) is 5.91 Å². The molecule has 1 amide bonds. The van der Waals surface area contributed by atoms with Gasteiger partial charge in [-0.3, -0.25) is 4.79 Å². The molecule has 3 rings (SSSR count). The minimum absolute atomic E-state index is 0.0612. The minimum atomic E-state index is -0.927. The van der Waals surface area contributed by atoms with E-state index in [4.69, 9.17) is 0 Å². The van der Waals surface area contributed by atoms with Crippen molar-refractivity contribution in [2.75, 3.05) is 0 Å². The third-order valence-electron chi connectivity index (χ3n) is 4.06. The number of rotatable bonds is 4. The standard InChI is InChI=1S/C17H17NO3/c19-8-7-17(21)10-15(11-17)18-16(20)14-6-5-12-3-1-2-4-13(12)9-14/h1-6,8-9,15,21H,7,10-11H2,(H,18,20). The molecule has 2 N–H and O–H groups in total. The third-order valence-corrected chi connectivity index (χ3v) is 4.06. The van der Waals surface area contributed by atoms with Crippen LogP contribution in [0, 0.1) is 0 Å². The smallest absolute Gasteiger partial charge is 0.251 e. The molecule has 1 fully saturated rings. The molecule has 0 radical (unpaired) electrons. The van der Waals surface area contributed by atoms with Gasteiger partial charge in [0.2, 0.25) is 0 Å². The number of aliphatic hydroxyl groups is 1. The maximum Gasteiger partial charge on any atom is 0.251 e. The molecule has 0 atom stereocenters. The summed E-state index contributed by atoms with van der Waals surface area (Å²) in [6.45, 7) is 0. The Labute approximate surface area is 122 Å². The SMILES string of the molecule is O=CCC1(O)CC(NC(=O)c2ccc3ccccc3c2)C1. The van der Waals surface area contributed by atoms with Gasteiger partial charge in [-0.2, -0.15) is 0 Å². The maximum atomic E-state index is 12.2. The Morgan fingerprint density at radius 3 is 2.67 bits per heavy atom. The van der Waals surface area contributed by atoms with Crippen LogP contribution in [0.15, 0.2) is 42.5 Å². The van der Waals surface area contributed by atoms with E-state index in [9.17, 15) is 14.7 Å². The molecule has 0 heterocycles. The average molecular weight is 283 g/mol. The molecule has 0 unspecified atom stereocenters. The monoisotopic (exact) mass is 283 g/mol. The lowest BCUT2D eigenvalue weighted by Crippen LogP contribution is -2.55. The summed E-state index contributed by atoms with van der Waals surface area (Å²) in [6.07, 6.45) is 1.73. The van der Waals surface area contributed by atoms with Crippen molar-refractivity contribution in [3.63, 3.8) is 0 Å². The molecule has 1 aliphatic rings. The van der Waals surface area contributed by atoms with Crippen LogP contribution < -0.4 is 5.32 Å². The third kappa shape index (κ3) is 2.81. The van der Waals surface area contributed by atoms with E-state index in [1.54, 1.807) is 6.07 Å². The molecule has 4 heteroatoms. The van der Waals surface area contributed by atoms with Crippen molar-refractivity contribution in [3.05, 3.63) is 48.0 Å². The summed E-state index contributed by atoms with van der Waals surface area (Å²) in [6, 6.07) is 13.4. The second kappa shape index (κ2) is 5.30. The Morgan fingerprint density at radius 1 is 1.24 bits per heavy atom. The molecule has 1 saturated carbocycles. The summed E-state index contributed by atoms with van der Waals surface area (Å²) < 4.78 is 0. The number of aldehydes is 1.